The highest BCUT2D eigenvalue weighted by Crippen LogP contribution is 2.42. The molecule has 0 spiro atoms. The third-order valence-corrected chi connectivity index (χ3v) is 25.7. The second kappa shape index (κ2) is 49.4. The molecule has 0 radical (unpaired) electrons. The molecule has 0 aromatic carbocycles. The van der Waals surface area contributed by atoms with E-state index < -0.39 is 297 Å². The van der Waals surface area contributed by atoms with Gasteiger partial charge in [0.2, 0.25) is 11.8 Å². The molecule has 30 atom stereocenters. The number of H-pyrrole nitrogens is 4. The number of carboxylic acids is 2. The second-order valence-corrected chi connectivity index (χ2v) is 35.7. The van der Waals surface area contributed by atoms with Gasteiger partial charge in [-0.15, -0.1) is 10.2 Å². The van der Waals surface area contributed by atoms with Crippen LogP contribution in [0.4, 0.5) is 0 Å². The first-order chi connectivity index (χ1) is 65.1. The average Bonchev–Trinajstić information content (AvgIpc) is 0.819. The van der Waals surface area contributed by atoms with Gasteiger partial charge in [0.25, 0.3) is 22.9 Å². The van der Waals surface area contributed by atoms with E-state index in [9.17, 15) is 119 Å². The highest BCUT2D eigenvalue weighted by Gasteiger charge is 2.58. The van der Waals surface area contributed by atoms with Crippen LogP contribution in [-0.2, 0) is 117 Å². The number of aliphatic carboxylic acids is 2. The summed E-state index contributed by atoms with van der Waals surface area (Å²) in [6, 6.07) is -1.34. The first-order valence-corrected chi connectivity index (χ1v) is 45.7. The van der Waals surface area contributed by atoms with Crippen LogP contribution in [0.5, 0.6) is 0 Å². The minimum absolute atomic E-state index is 0.0172. The van der Waals surface area contributed by atoms with Crippen LogP contribution in [0.3, 0.4) is 0 Å². The summed E-state index contributed by atoms with van der Waals surface area (Å²) in [6.07, 6.45) is -35.6. The lowest BCUT2D eigenvalue weighted by Gasteiger charge is -2.49. The van der Waals surface area contributed by atoms with Gasteiger partial charge >= 0.3 is 35.3 Å². The number of carbonyl (C=O) groups is 8. The van der Waals surface area contributed by atoms with Gasteiger partial charge in [-0.05, 0) is 69.6 Å². The molecule has 53 nitrogen and oxygen atoms in total. The van der Waals surface area contributed by atoms with Crippen molar-refractivity contribution in [3.05, 3.63) is 89.0 Å². The number of aromatic amines is 4. The molecule has 1 unspecified atom stereocenters. The number of carbonyl (C=O) groups excluding carboxylic acids is 6. The molecule has 12 rings (SSSR count). The van der Waals surface area contributed by atoms with E-state index in [0.717, 1.165) is 60.0 Å². The Balaban J connectivity index is 0.733. The summed E-state index contributed by atoms with van der Waals surface area (Å²) in [5.74, 6) is -12.1. The SMILES string of the molecule is C[C@@H]1C[C@@H](O[C@@H]2[C@@H](NC(=O)c3cc(=O)[nH]c(=O)[nH]3)C[C@@H](C(=O)NCCN)C[C@H]2O[C@@H]2O[C@H](CO)[C@H](O)C(O[C@@H](CC3CCCCC3)C(=O)O)[C@H]2OC(=O)Cn2cc(COCCOCc3cn(CC(=O)O[C@H]4[C@H](O[C@@H]5C[C@H](C(=O)NCCN)C[C@H](NC(=O)c6cc(=O)[nH]c(=O)[nH]6)[C@H]5O[C@@H]5O[C@@H](C)[C@@H](O)[C@@H](O)[C@@H]5O)O[C@H](CO)[C@H](O)[C@@H]4O[C@@H](CC4CCCCC4)C(=O)O)nn3)nn2)[C@@H](O)[C@H](O)[C@@H]1O. The zero-order valence-corrected chi connectivity index (χ0v) is 74.7. The Morgan fingerprint density at radius 1 is 0.485 bits per heavy atom. The zero-order chi connectivity index (χ0) is 97.9. The van der Waals surface area contributed by atoms with Crippen molar-refractivity contribution in [2.75, 3.05) is 52.6 Å². The number of hydrogen-bond donors (Lipinski definition) is 22. The fourth-order valence-electron chi connectivity index (χ4n) is 18.7. The minimum atomic E-state index is -2.06. The van der Waals surface area contributed by atoms with Gasteiger partial charge in [-0.25, -0.2) is 28.5 Å². The third-order valence-electron chi connectivity index (χ3n) is 25.7. The molecule has 4 aromatic heterocycles. The Labute approximate surface area is 774 Å². The van der Waals surface area contributed by atoms with Crippen LogP contribution in [0.25, 0.3) is 0 Å². The van der Waals surface area contributed by atoms with Crippen molar-refractivity contribution in [2.45, 2.75) is 315 Å². The number of carboxylic acid groups (broad SMARTS) is 2. The van der Waals surface area contributed by atoms with Gasteiger partial charge in [-0.2, -0.15) is 0 Å². The Bertz CT molecular complexity index is 4510. The Morgan fingerprint density at radius 2 is 0.912 bits per heavy atom. The standard InChI is InChI=1S/C83H124N16O37/c1-36-19-48(61(108)64(111)59(36)106)127-67-44(88-75(116)46-26-55(102)92-82(122)90-46)22-40(73(114)86-15-13-84)24-49(67)130-80-71(69(62(109)53(32-100)132-80)128-51(77(118)119)20-38-9-5-3-6-10-38)134-57(104)30-98-28-42(94-96-98)34-124-17-18-125-35-43-29-99(97-95-43)31-58(105)135-72-70(129-52(78(120)121)21-39-11-7-4-8-12-39)63(110)54(33-101)133-81(72)131-50-25-41(74(115)87-16-14-85)23-45(89-76(117)47-27-56(103)93-83(123)91-47)68(50)136-79-66(113)65(112)60(107)37(2)126-79/h26-29,36-41,44-45,48-54,59-72,79-81,100-101,106-113H,3-25,30-35,84-85H2,1-2H3,(H,86,114)(H,87,115)(H,88,116)(H,89,117)(H,118,119)(H,120,121)(H2,90,92,102,122)(H2,91,93,103,123)/t36-,37+,40-,41-,44+,45+,48-,49-,50-,51+,52+,53-,54-,59-,60-,61-,62+,63+,64-,65-,66+,67-,68-,69?,70+,71-,72-,79+,80-,81-/m1/s1. The summed E-state index contributed by atoms with van der Waals surface area (Å²) in [7, 11) is 0. The molecule has 758 valence electrons. The number of amides is 4. The second-order valence-electron chi connectivity index (χ2n) is 35.7. The first kappa shape index (κ1) is 105. The summed E-state index contributed by atoms with van der Waals surface area (Å²) < 4.78 is 83.2. The highest BCUT2D eigenvalue weighted by atomic mass is 16.8. The van der Waals surface area contributed by atoms with E-state index in [0.29, 0.717) is 25.7 Å². The lowest BCUT2D eigenvalue weighted by atomic mass is 9.79. The molecule has 136 heavy (non-hydrogen) atoms. The molecule has 3 saturated heterocycles. The van der Waals surface area contributed by atoms with Crippen molar-refractivity contribution in [3.63, 3.8) is 0 Å². The van der Waals surface area contributed by atoms with Gasteiger partial charge in [0.15, 0.2) is 43.3 Å². The van der Waals surface area contributed by atoms with Gasteiger partial charge in [0.1, 0.15) is 115 Å². The van der Waals surface area contributed by atoms with E-state index in [1.807, 2.05) is 9.97 Å². The quantitative estimate of drug-likeness (QED) is 0.0145. The molecular formula is C83H124N16O37. The average molecular weight is 1940 g/mol. The maximum absolute atomic E-state index is 14.6. The monoisotopic (exact) mass is 1940 g/mol. The number of rotatable bonds is 43. The minimum Gasteiger partial charge on any atom is -0.479 e. The van der Waals surface area contributed by atoms with Gasteiger partial charge in [0.05, 0.1) is 94.6 Å². The maximum atomic E-state index is 14.6. The zero-order valence-electron chi connectivity index (χ0n) is 74.7. The molecule has 0 bridgehead atoms. The normalized spacial score (nSPS) is 32.9. The van der Waals surface area contributed by atoms with Crippen LogP contribution in [0.2, 0.25) is 0 Å². The number of nitrogens with two attached hydrogens (primary N) is 2. The fraction of sp³-hybridized carbons (Fsp3) is 0.759. The van der Waals surface area contributed by atoms with E-state index >= 15 is 0 Å². The number of ether oxygens (including phenoxy) is 13. The first-order valence-electron chi connectivity index (χ1n) is 45.7. The molecule has 7 heterocycles. The number of hydrogen-bond acceptors (Lipinski definition) is 41. The molecule has 8 fully saturated rings. The summed E-state index contributed by atoms with van der Waals surface area (Å²) in [5.41, 5.74) is 6.63. The molecule has 24 N–H and O–H groups in total. The van der Waals surface area contributed by atoms with Crippen LogP contribution < -0.4 is 55.2 Å². The number of nitrogens with zero attached hydrogens (tertiary/aromatic N) is 6. The number of aliphatic hydroxyl groups excluding tert-OH is 10. The van der Waals surface area contributed by atoms with Crippen molar-refractivity contribution in [2.24, 2.45) is 41.1 Å². The third kappa shape index (κ3) is 27.8. The fourth-order valence-corrected chi connectivity index (χ4v) is 18.7. The van der Waals surface area contributed by atoms with Crippen LogP contribution in [-0.4, -0.2) is 377 Å². The van der Waals surface area contributed by atoms with Crippen molar-refractivity contribution in [1.82, 2.24) is 71.2 Å². The Kier molecular flexibility index (Phi) is 38.2. The predicted octanol–water partition coefficient (Wildman–Crippen LogP) is -8.62. The summed E-state index contributed by atoms with van der Waals surface area (Å²) in [6.45, 7) is -1.51. The molecular weight excluding hydrogens is 1810 g/mol. The molecule has 53 heteroatoms. The topological polar surface area (TPSA) is 792 Å². The smallest absolute Gasteiger partial charge is 0.332 e. The molecule has 8 aliphatic rings. The summed E-state index contributed by atoms with van der Waals surface area (Å²) in [5, 5.41) is 161. The molecule has 5 saturated carbocycles. The number of aromatic nitrogens is 10. The lowest BCUT2D eigenvalue weighted by Crippen LogP contribution is -2.65. The molecule has 3 aliphatic heterocycles. The van der Waals surface area contributed by atoms with E-state index in [4.69, 9.17) is 73.0 Å². The number of aliphatic hydroxyl groups is 10. The van der Waals surface area contributed by atoms with Crippen LogP contribution in [0, 0.1) is 29.6 Å². The molecule has 4 aromatic rings. The van der Waals surface area contributed by atoms with Crippen LogP contribution in [0.15, 0.2) is 43.7 Å². The van der Waals surface area contributed by atoms with Crippen molar-refractivity contribution in [1.29, 1.82) is 0 Å². The largest absolute Gasteiger partial charge is 0.479 e. The molecule has 4 amide bonds. The van der Waals surface area contributed by atoms with Crippen molar-refractivity contribution < 1.29 is 161 Å². The van der Waals surface area contributed by atoms with E-state index in [-0.39, 0.29) is 114 Å². The van der Waals surface area contributed by atoms with Gasteiger partial charge in [0, 0.05) is 50.1 Å². The summed E-state index contributed by atoms with van der Waals surface area (Å²) in [4.78, 5) is 170. The van der Waals surface area contributed by atoms with E-state index in [1.54, 1.807) is 6.92 Å². The summed E-state index contributed by atoms with van der Waals surface area (Å²) >= 11 is 0. The van der Waals surface area contributed by atoms with Crippen LogP contribution in [0.1, 0.15) is 155 Å². The Morgan fingerprint density at radius 3 is 1.32 bits per heavy atom. The number of esters is 2. The van der Waals surface area contributed by atoms with Crippen molar-refractivity contribution >= 4 is 47.5 Å². The number of nitrogens with one attached hydrogen (secondary N) is 8. The van der Waals surface area contributed by atoms with Gasteiger partial charge in [-0.1, -0.05) is 81.6 Å². The molecule has 5 aliphatic carbocycles. The van der Waals surface area contributed by atoms with E-state index in [1.165, 1.54) is 19.3 Å². The van der Waals surface area contributed by atoms with E-state index in [2.05, 4.69) is 51.9 Å². The van der Waals surface area contributed by atoms with Crippen molar-refractivity contribution in [3.8, 4) is 0 Å². The van der Waals surface area contributed by atoms with Gasteiger partial charge < -0.3 is 166 Å². The maximum Gasteiger partial charge on any atom is 0.332 e. The Hall–Kier alpha value is -9.52. The van der Waals surface area contributed by atoms with Crippen LogP contribution >= 0.6 is 0 Å². The lowest BCUT2D eigenvalue weighted by molar-refractivity contribution is -0.348. The van der Waals surface area contributed by atoms with Gasteiger partial charge in [-0.3, -0.25) is 48.3 Å². The predicted molar refractivity (Wildman–Crippen MR) is 452 cm³/mol. The highest BCUT2D eigenvalue weighted by molar-refractivity contribution is 5.93.